The molecule has 0 bridgehead atoms. The zero-order chi connectivity index (χ0) is 12.1. The number of benzene rings is 1. The number of carbonyl (C=O) groups excluding carboxylic acids is 1. The summed E-state index contributed by atoms with van der Waals surface area (Å²) in [7, 11) is 0. The Bertz CT molecular complexity index is 374. The molecule has 1 aromatic carbocycles. The van der Waals surface area contributed by atoms with Crippen LogP contribution in [0.4, 0.5) is 4.39 Å². The van der Waals surface area contributed by atoms with Crippen LogP contribution in [0.5, 0.6) is 0 Å². The minimum Gasteiger partial charge on any atom is -0.353 e. The molecule has 1 aromatic rings. The summed E-state index contributed by atoms with van der Waals surface area (Å²) < 4.78 is 12.6. The van der Waals surface area contributed by atoms with Crippen molar-refractivity contribution in [1.29, 1.82) is 0 Å². The van der Waals surface area contributed by atoms with Gasteiger partial charge in [0, 0.05) is 25.6 Å². The topological polar surface area (TPSA) is 41.1 Å². The summed E-state index contributed by atoms with van der Waals surface area (Å²) >= 11 is 0. The highest BCUT2D eigenvalue weighted by Crippen LogP contribution is 2.18. The first-order valence-electron chi connectivity index (χ1n) is 5.98. The zero-order valence-corrected chi connectivity index (χ0v) is 9.71. The second-order valence-corrected chi connectivity index (χ2v) is 4.40. The maximum Gasteiger partial charge on any atom is 0.221 e. The third-order valence-electron chi connectivity index (χ3n) is 2.71. The van der Waals surface area contributed by atoms with Gasteiger partial charge in [-0.1, -0.05) is 12.1 Å². The normalized spacial score (nSPS) is 14.6. The van der Waals surface area contributed by atoms with E-state index in [0.29, 0.717) is 25.6 Å². The molecule has 0 atom stereocenters. The van der Waals surface area contributed by atoms with E-state index in [1.165, 1.54) is 12.1 Å². The molecule has 3 nitrogen and oxygen atoms in total. The molecule has 0 aromatic heterocycles. The first-order valence-corrected chi connectivity index (χ1v) is 5.98. The summed E-state index contributed by atoms with van der Waals surface area (Å²) in [5.41, 5.74) is 1.02. The predicted molar refractivity (Wildman–Crippen MR) is 63.9 cm³/mol. The summed E-state index contributed by atoms with van der Waals surface area (Å²) in [4.78, 5) is 11.3. The van der Waals surface area contributed by atoms with Crippen molar-refractivity contribution < 1.29 is 9.18 Å². The van der Waals surface area contributed by atoms with E-state index in [-0.39, 0.29) is 11.7 Å². The van der Waals surface area contributed by atoms with E-state index in [1.807, 2.05) is 0 Å². The smallest absolute Gasteiger partial charge is 0.221 e. The van der Waals surface area contributed by atoms with Crippen molar-refractivity contribution in [3.63, 3.8) is 0 Å². The predicted octanol–water partition coefficient (Wildman–Crippen LogP) is 1.58. The average Bonchev–Trinajstić information content (AvgIpc) is 3.11. The van der Waals surface area contributed by atoms with E-state index < -0.39 is 0 Å². The first kappa shape index (κ1) is 12.0. The molecule has 0 heterocycles. The lowest BCUT2D eigenvalue weighted by atomic mass is 10.2. The minimum atomic E-state index is -0.224. The molecule has 0 unspecified atom stereocenters. The zero-order valence-electron chi connectivity index (χ0n) is 9.71. The van der Waals surface area contributed by atoms with Crippen LogP contribution < -0.4 is 10.6 Å². The monoisotopic (exact) mass is 236 g/mol. The lowest BCUT2D eigenvalue weighted by Crippen LogP contribution is -2.28. The van der Waals surface area contributed by atoms with E-state index in [1.54, 1.807) is 12.1 Å². The first-order chi connectivity index (χ1) is 8.24. The summed E-state index contributed by atoms with van der Waals surface area (Å²) in [6.07, 6.45) is 2.74. The molecular weight excluding hydrogens is 219 g/mol. The molecule has 1 amide bonds. The molecule has 1 aliphatic rings. The molecule has 2 N–H and O–H groups in total. The van der Waals surface area contributed by atoms with Crippen LogP contribution in [0, 0.1) is 5.82 Å². The quantitative estimate of drug-likeness (QED) is 0.736. The van der Waals surface area contributed by atoms with Gasteiger partial charge in [0.1, 0.15) is 5.82 Å². The number of nitrogens with one attached hydrogen (secondary N) is 2. The van der Waals surface area contributed by atoms with Crippen molar-refractivity contribution >= 4 is 5.91 Å². The fourth-order valence-corrected chi connectivity index (χ4v) is 1.56. The maximum atomic E-state index is 12.6. The molecule has 4 heteroatoms. The molecule has 1 fully saturated rings. The van der Waals surface area contributed by atoms with Gasteiger partial charge < -0.3 is 10.6 Å². The molecule has 1 aliphatic carbocycles. The number of rotatable bonds is 6. The van der Waals surface area contributed by atoms with Gasteiger partial charge in [-0.25, -0.2) is 4.39 Å². The average molecular weight is 236 g/mol. The van der Waals surface area contributed by atoms with Crippen molar-refractivity contribution in [2.75, 3.05) is 6.54 Å². The van der Waals surface area contributed by atoms with Crippen LogP contribution in [0.1, 0.15) is 24.8 Å². The Morgan fingerprint density at radius 3 is 2.65 bits per heavy atom. The molecule has 1 saturated carbocycles. The van der Waals surface area contributed by atoms with Crippen molar-refractivity contribution in [2.24, 2.45) is 0 Å². The second-order valence-electron chi connectivity index (χ2n) is 4.40. The molecular formula is C13H17FN2O. The Labute approximate surface area is 100 Å². The van der Waals surface area contributed by atoms with Crippen LogP contribution in [-0.4, -0.2) is 18.5 Å². The molecule has 17 heavy (non-hydrogen) atoms. The van der Waals surface area contributed by atoms with Crippen LogP contribution in [0.15, 0.2) is 24.3 Å². The van der Waals surface area contributed by atoms with E-state index in [2.05, 4.69) is 10.6 Å². The Balaban J connectivity index is 1.59. The van der Waals surface area contributed by atoms with E-state index in [0.717, 1.165) is 18.4 Å². The third kappa shape index (κ3) is 4.53. The fraction of sp³-hybridized carbons (Fsp3) is 0.462. The van der Waals surface area contributed by atoms with Crippen LogP contribution in [0.2, 0.25) is 0 Å². The van der Waals surface area contributed by atoms with Gasteiger partial charge in [0.15, 0.2) is 0 Å². The standard InChI is InChI=1S/C13H17FN2O/c14-11-3-1-10(2-4-11)9-15-8-7-13(17)16-12-5-6-12/h1-4,12,15H,5-9H2,(H,16,17). The third-order valence-corrected chi connectivity index (χ3v) is 2.71. The number of hydrogen-bond donors (Lipinski definition) is 2. The number of halogens is 1. The highest BCUT2D eigenvalue weighted by molar-refractivity contribution is 5.76. The maximum absolute atomic E-state index is 12.6. The second kappa shape index (κ2) is 5.77. The molecule has 2 rings (SSSR count). The van der Waals surface area contributed by atoms with Crippen molar-refractivity contribution in [1.82, 2.24) is 10.6 Å². The largest absolute Gasteiger partial charge is 0.353 e. The minimum absolute atomic E-state index is 0.110. The Hall–Kier alpha value is -1.42. The van der Waals surface area contributed by atoms with Gasteiger partial charge in [0.05, 0.1) is 0 Å². The van der Waals surface area contributed by atoms with Gasteiger partial charge in [0.2, 0.25) is 5.91 Å². The molecule has 0 aliphatic heterocycles. The van der Waals surface area contributed by atoms with E-state index in [9.17, 15) is 9.18 Å². The Kier molecular flexibility index (Phi) is 4.09. The van der Waals surface area contributed by atoms with Crippen LogP contribution >= 0.6 is 0 Å². The van der Waals surface area contributed by atoms with Gasteiger partial charge in [-0.2, -0.15) is 0 Å². The fourth-order valence-electron chi connectivity index (χ4n) is 1.56. The van der Waals surface area contributed by atoms with Gasteiger partial charge in [-0.15, -0.1) is 0 Å². The molecule has 0 radical (unpaired) electrons. The lowest BCUT2D eigenvalue weighted by molar-refractivity contribution is -0.121. The summed E-state index contributed by atoms with van der Waals surface area (Å²) in [5.74, 6) is -0.114. The molecule has 92 valence electrons. The van der Waals surface area contributed by atoms with Crippen molar-refractivity contribution in [3.8, 4) is 0 Å². The van der Waals surface area contributed by atoms with Gasteiger partial charge in [0.25, 0.3) is 0 Å². The van der Waals surface area contributed by atoms with Crippen molar-refractivity contribution in [3.05, 3.63) is 35.6 Å². The van der Waals surface area contributed by atoms with Gasteiger partial charge in [-0.3, -0.25) is 4.79 Å². The molecule has 0 saturated heterocycles. The lowest BCUT2D eigenvalue weighted by Gasteiger charge is -2.05. The Morgan fingerprint density at radius 1 is 1.29 bits per heavy atom. The Morgan fingerprint density at radius 2 is 2.00 bits per heavy atom. The van der Waals surface area contributed by atoms with E-state index in [4.69, 9.17) is 0 Å². The highest BCUT2D eigenvalue weighted by Gasteiger charge is 2.22. The SMILES string of the molecule is O=C(CCNCc1ccc(F)cc1)NC1CC1. The number of hydrogen-bond acceptors (Lipinski definition) is 2. The number of carbonyl (C=O) groups is 1. The summed E-state index contributed by atoms with van der Waals surface area (Å²) in [5, 5.41) is 6.09. The summed E-state index contributed by atoms with van der Waals surface area (Å²) in [6.45, 7) is 1.31. The molecule has 0 spiro atoms. The van der Waals surface area contributed by atoms with Gasteiger partial charge >= 0.3 is 0 Å². The van der Waals surface area contributed by atoms with Crippen molar-refractivity contribution in [2.45, 2.75) is 31.8 Å². The number of amides is 1. The summed E-state index contributed by atoms with van der Waals surface area (Å²) in [6, 6.07) is 6.80. The highest BCUT2D eigenvalue weighted by atomic mass is 19.1. The van der Waals surface area contributed by atoms with Crippen LogP contribution in [0.25, 0.3) is 0 Å². The van der Waals surface area contributed by atoms with Gasteiger partial charge in [-0.05, 0) is 30.5 Å². The van der Waals surface area contributed by atoms with Crippen LogP contribution in [0.3, 0.4) is 0 Å². The van der Waals surface area contributed by atoms with Crippen LogP contribution in [-0.2, 0) is 11.3 Å². The van der Waals surface area contributed by atoms with E-state index >= 15 is 0 Å².